The van der Waals surface area contributed by atoms with Gasteiger partial charge in [0, 0.05) is 13.1 Å². The lowest BCUT2D eigenvalue weighted by Gasteiger charge is -2.36. The van der Waals surface area contributed by atoms with Gasteiger partial charge in [-0.25, -0.2) is 4.39 Å². The molecule has 2 fully saturated rings. The first-order chi connectivity index (χ1) is 8.78. The summed E-state index contributed by atoms with van der Waals surface area (Å²) < 4.78 is 14.0. The van der Waals surface area contributed by atoms with Gasteiger partial charge in [0.05, 0.1) is 17.3 Å². The smallest absolute Gasteiger partial charge is 0.147 e. The number of hydrogen-bond acceptors (Lipinski definition) is 3. The highest BCUT2D eigenvalue weighted by Crippen LogP contribution is 2.31. The van der Waals surface area contributed by atoms with Gasteiger partial charge in [0.15, 0.2) is 0 Å². The molecule has 2 aliphatic heterocycles. The Morgan fingerprint density at radius 1 is 1.33 bits per heavy atom. The molecule has 3 nitrogen and oxygen atoms in total. The zero-order valence-corrected chi connectivity index (χ0v) is 10.2. The largest absolute Gasteiger partial charge is 0.369 e. The Morgan fingerprint density at radius 2 is 2.17 bits per heavy atom. The van der Waals surface area contributed by atoms with Crippen molar-refractivity contribution in [2.45, 2.75) is 6.42 Å². The van der Waals surface area contributed by atoms with E-state index in [2.05, 4.69) is 10.2 Å². The van der Waals surface area contributed by atoms with E-state index in [1.165, 1.54) is 6.07 Å². The molecule has 0 amide bonds. The quantitative estimate of drug-likeness (QED) is 0.819. The first kappa shape index (κ1) is 11.5. The summed E-state index contributed by atoms with van der Waals surface area (Å²) in [7, 11) is 0. The average molecular weight is 245 g/mol. The molecule has 2 aliphatic rings. The summed E-state index contributed by atoms with van der Waals surface area (Å²) in [5.41, 5.74) is 1.02. The molecule has 1 N–H and O–H groups in total. The van der Waals surface area contributed by atoms with Gasteiger partial charge >= 0.3 is 0 Å². The molecular weight excluding hydrogens is 229 g/mol. The van der Waals surface area contributed by atoms with E-state index in [0.29, 0.717) is 17.2 Å². The molecule has 94 valence electrons. The molecule has 0 saturated carbocycles. The van der Waals surface area contributed by atoms with Gasteiger partial charge in [-0.1, -0.05) is 0 Å². The van der Waals surface area contributed by atoms with Gasteiger partial charge in [-0.2, -0.15) is 5.26 Å². The maximum absolute atomic E-state index is 14.0. The van der Waals surface area contributed by atoms with E-state index in [0.717, 1.165) is 38.5 Å². The fourth-order valence-electron chi connectivity index (χ4n) is 3.09. The van der Waals surface area contributed by atoms with E-state index >= 15 is 0 Å². The second-order valence-electron chi connectivity index (χ2n) is 5.19. The molecule has 2 atom stereocenters. The Labute approximate surface area is 106 Å². The van der Waals surface area contributed by atoms with E-state index in [1.807, 2.05) is 6.07 Å². The predicted molar refractivity (Wildman–Crippen MR) is 67.8 cm³/mol. The molecule has 4 heteroatoms. The SMILES string of the molecule is N#Cc1ccc(N2CCC3CNCC3C2)c(F)c1. The van der Waals surface area contributed by atoms with Crippen LogP contribution in [0.3, 0.4) is 0 Å². The highest BCUT2D eigenvalue weighted by Gasteiger charge is 2.33. The third-order valence-electron chi connectivity index (χ3n) is 4.12. The van der Waals surface area contributed by atoms with Crippen molar-refractivity contribution in [3.8, 4) is 6.07 Å². The molecular formula is C14H16FN3. The lowest BCUT2D eigenvalue weighted by molar-refractivity contribution is 0.347. The van der Waals surface area contributed by atoms with Gasteiger partial charge in [0.25, 0.3) is 0 Å². The number of nitrogens with zero attached hydrogens (tertiary/aromatic N) is 2. The van der Waals surface area contributed by atoms with Crippen molar-refractivity contribution < 1.29 is 4.39 Å². The second kappa shape index (κ2) is 4.58. The number of benzene rings is 1. The summed E-state index contributed by atoms with van der Waals surface area (Å²) in [6, 6.07) is 6.72. The molecule has 0 aliphatic carbocycles. The topological polar surface area (TPSA) is 39.1 Å². The van der Waals surface area contributed by atoms with Crippen molar-refractivity contribution in [1.29, 1.82) is 5.26 Å². The first-order valence-electron chi connectivity index (χ1n) is 6.43. The Bertz CT molecular complexity index is 494. The zero-order valence-electron chi connectivity index (χ0n) is 10.2. The van der Waals surface area contributed by atoms with Gasteiger partial charge in [0.2, 0.25) is 0 Å². The molecule has 1 aromatic rings. The van der Waals surface area contributed by atoms with E-state index in [-0.39, 0.29) is 5.82 Å². The van der Waals surface area contributed by atoms with Gasteiger partial charge < -0.3 is 10.2 Å². The Morgan fingerprint density at radius 3 is 2.94 bits per heavy atom. The van der Waals surface area contributed by atoms with Crippen molar-refractivity contribution >= 4 is 5.69 Å². The average Bonchev–Trinajstić information content (AvgIpc) is 2.85. The van der Waals surface area contributed by atoms with Crippen molar-refractivity contribution in [2.24, 2.45) is 11.8 Å². The summed E-state index contributed by atoms with van der Waals surface area (Å²) in [4.78, 5) is 2.12. The van der Waals surface area contributed by atoms with E-state index < -0.39 is 0 Å². The van der Waals surface area contributed by atoms with E-state index in [4.69, 9.17) is 5.26 Å². The van der Waals surface area contributed by atoms with Gasteiger partial charge in [-0.05, 0) is 49.5 Å². The monoisotopic (exact) mass is 245 g/mol. The highest BCUT2D eigenvalue weighted by atomic mass is 19.1. The lowest BCUT2D eigenvalue weighted by atomic mass is 9.88. The Hall–Kier alpha value is -1.60. The van der Waals surface area contributed by atoms with Crippen LogP contribution in [-0.2, 0) is 0 Å². The molecule has 18 heavy (non-hydrogen) atoms. The summed E-state index contributed by atoms with van der Waals surface area (Å²) in [5.74, 6) is 1.11. The van der Waals surface area contributed by atoms with Crippen LogP contribution in [0.15, 0.2) is 18.2 Å². The number of rotatable bonds is 1. The lowest BCUT2D eigenvalue weighted by Crippen LogP contribution is -2.40. The number of halogens is 1. The van der Waals surface area contributed by atoms with E-state index in [1.54, 1.807) is 12.1 Å². The first-order valence-corrected chi connectivity index (χ1v) is 6.43. The van der Waals surface area contributed by atoms with Crippen LogP contribution in [0.5, 0.6) is 0 Å². The minimum absolute atomic E-state index is 0.279. The molecule has 2 saturated heterocycles. The molecule has 0 bridgehead atoms. The molecule has 2 heterocycles. The number of piperidine rings is 1. The number of fused-ring (bicyclic) bond motifs is 1. The zero-order chi connectivity index (χ0) is 12.5. The molecule has 0 radical (unpaired) electrons. The molecule has 1 aromatic carbocycles. The highest BCUT2D eigenvalue weighted by molar-refractivity contribution is 5.51. The fraction of sp³-hybridized carbons (Fsp3) is 0.500. The van der Waals surface area contributed by atoms with Crippen LogP contribution < -0.4 is 10.2 Å². The van der Waals surface area contributed by atoms with Gasteiger partial charge in [-0.15, -0.1) is 0 Å². The van der Waals surface area contributed by atoms with Crippen molar-refractivity contribution in [3.05, 3.63) is 29.6 Å². The van der Waals surface area contributed by atoms with Crippen LogP contribution in [0.1, 0.15) is 12.0 Å². The van der Waals surface area contributed by atoms with Crippen LogP contribution in [0.4, 0.5) is 10.1 Å². The summed E-state index contributed by atoms with van der Waals surface area (Å²) in [5, 5.41) is 12.2. The molecule has 0 spiro atoms. The number of anilines is 1. The fourth-order valence-corrected chi connectivity index (χ4v) is 3.09. The number of nitriles is 1. The molecule has 2 unspecified atom stereocenters. The maximum Gasteiger partial charge on any atom is 0.147 e. The van der Waals surface area contributed by atoms with Crippen LogP contribution in [0, 0.1) is 29.0 Å². The second-order valence-corrected chi connectivity index (χ2v) is 5.19. The van der Waals surface area contributed by atoms with Gasteiger partial charge in [-0.3, -0.25) is 0 Å². The van der Waals surface area contributed by atoms with Gasteiger partial charge in [0.1, 0.15) is 5.82 Å². The van der Waals surface area contributed by atoms with Crippen molar-refractivity contribution in [3.63, 3.8) is 0 Å². The van der Waals surface area contributed by atoms with Crippen molar-refractivity contribution in [2.75, 3.05) is 31.1 Å². The minimum atomic E-state index is -0.279. The standard InChI is InChI=1S/C14H16FN3/c15-13-5-10(6-16)1-2-14(13)18-4-3-11-7-17-8-12(11)9-18/h1-2,5,11-12,17H,3-4,7-9H2. The predicted octanol–water partition coefficient (Wildman–Crippen LogP) is 1.74. The van der Waals surface area contributed by atoms with Crippen molar-refractivity contribution in [1.82, 2.24) is 5.32 Å². The molecule has 3 rings (SSSR count). The summed E-state index contributed by atoms with van der Waals surface area (Å²) in [6.45, 7) is 3.97. The Kier molecular flexibility index (Phi) is 2.92. The molecule has 0 aromatic heterocycles. The normalized spacial score (nSPS) is 26.8. The third kappa shape index (κ3) is 1.95. The minimum Gasteiger partial charge on any atom is -0.369 e. The third-order valence-corrected chi connectivity index (χ3v) is 4.12. The number of hydrogen-bond donors (Lipinski definition) is 1. The van der Waals surface area contributed by atoms with E-state index in [9.17, 15) is 4.39 Å². The summed E-state index contributed by atoms with van der Waals surface area (Å²) >= 11 is 0. The maximum atomic E-state index is 14.0. The van der Waals surface area contributed by atoms with Crippen LogP contribution in [-0.4, -0.2) is 26.2 Å². The number of nitrogens with one attached hydrogen (secondary N) is 1. The van der Waals surface area contributed by atoms with Crippen LogP contribution in [0.2, 0.25) is 0 Å². The van der Waals surface area contributed by atoms with Crippen LogP contribution >= 0.6 is 0 Å². The Balaban J connectivity index is 1.81. The summed E-state index contributed by atoms with van der Waals surface area (Å²) in [6.07, 6.45) is 1.12. The van der Waals surface area contributed by atoms with Crippen LogP contribution in [0.25, 0.3) is 0 Å².